The highest BCUT2D eigenvalue weighted by molar-refractivity contribution is 6.05. The third-order valence-corrected chi connectivity index (χ3v) is 5.09. The van der Waals surface area contributed by atoms with Gasteiger partial charge < -0.3 is 10.2 Å². The molecule has 2 aliphatic rings. The molecule has 2 aromatic heterocycles. The molecule has 2 aromatic rings. The Kier molecular flexibility index (Phi) is 3.72. The fourth-order valence-corrected chi connectivity index (χ4v) is 3.52. The van der Waals surface area contributed by atoms with Crippen LogP contribution in [0.15, 0.2) is 30.7 Å². The summed E-state index contributed by atoms with van der Waals surface area (Å²) in [6, 6.07) is 5.65. The molecule has 0 spiro atoms. The van der Waals surface area contributed by atoms with Gasteiger partial charge in [-0.25, -0.2) is 4.98 Å². The Hall–Kier alpha value is -3.21. The number of aromatic nitrogens is 3. The second-order valence-corrected chi connectivity index (χ2v) is 6.82. The third-order valence-electron chi connectivity index (χ3n) is 5.09. The van der Waals surface area contributed by atoms with Crippen LogP contribution in [0.4, 0.5) is 11.5 Å². The number of hydrogen-bond acceptors (Lipinski definition) is 5. The van der Waals surface area contributed by atoms with Crippen molar-refractivity contribution >= 4 is 23.3 Å². The summed E-state index contributed by atoms with van der Waals surface area (Å²) in [6.07, 6.45) is 7.06. The lowest BCUT2D eigenvalue weighted by molar-refractivity contribution is -0.123. The van der Waals surface area contributed by atoms with Crippen LogP contribution >= 0.6 is 0 Å². The van der Waals surface area contributed by atoms with Crippen LogP contribution in [0.25, 0.3) is 0 Å². The summed E-state index contributed by atoms with van der Waals surface area (Å²) < 4.78 is 1.54. The van der Waals surface area contributed by atoms with Crippen LogP contribution in [-0.2, 0) is 11.8 Å². The van der Waals surface area contributed by atoms with Crippen LogP contribution in [0, 0.1) is 22.7 Å². The number of hydrogen-bond donors (Lipinski definition) is 1. The van der Waals surface area contributed by atoms with Crippen molar-refractivity contribution in [2.24, 2.45) is 18.4 Å². The minimum Gasteiger partial charge on any atom is -0.311 e. The van der Waals surface area contributed by atoms with Gasteiger partial charge in [0, 0.05) is 37.7 Å². The van der Waals surface area contributed by atoms with Gasteiger partial charge in [-0.15, -0.1) is 0 Å². The number of nitrogens with one attached hydrogen (secondary N) is 1. The van der Waals surface area contributed by atoms with Crippen molar-refractivity contribution in [3.63, 3.8) is 0 Å². The predicted octanol–water partition coefficient (Wildman–Crippen LogP) is 1.72. The van der Waals surface area contributed by atoms with Crippen molar-refractivity contribution < 1.29 is 9.59 Å². The zero-order chi connectivity index (χ0) is 18.3. The Labute approximate surface area is 150 Å². The number of rotatable bonds is 4. The summed E-state index contributed by atoms with van der Waals surface area (Å²) in [5.41, 5.74) is 0.181. The first-order valence-electron chi connectivity index (χ1n) is 8.53. The van der Waals surface area contributed by atoms with Crippen molar-refractivity contribution in [3.05, 3.63) is 36.3 Å². The van der Waals surface area contributed by atoms with Crippen molar-refractivity contribution in [1.82, 2.24) is 14.8 Å². The van der Waals surface area contributed by atoms with E-state index < -0.39 is 5.41 Å². The molecule has 1 N–H and O–H groups in total. The molecule has 0 radical (unpaired) electrons. The summed E-state index contributed by atoms with van der Waals surface area (Å²) in [5.74, 6) is 0.0692. The molecule has 4 rings (SSSR count). The van der Waals surface area contributed by atoms with Crippen molar-refractivity contribution in [3.8, 4) is 6.07 Å². The largest absolute Gasteiger partial charge is 0.311 e. The number of nitriles is 1. The quantitative estimate of drug-likeness (QED) is 0.904. The van der Waals surface area contributed by atoms with Gasteiger partial charge in [0.25, 0.3) is 5.91 Å². The highest BCUT2D eigenvalue weighted by Gasteiger charge is 2.56. The Morgan fingerprint density at radius 3 is 2.92 bits per heavy atom. The van der Waals surface area contributed by atoms with Crippen LogP contribution < -0.4 is 10.2 Å². The number of nitrogens with zero attached hydrogens (tertiary/aromatic N) is 5. The minimum absolute atomic E-state index is 0.141. The second-order valence-electron chi connectivity index (χ2n) is 6.82. The molecular weight excluding hydrogens is 332 g/mol. The molecule has 0 bridgehead atoms. The van der Waals surface area contributed by atoms with Gasteiger partial charge in [-0.1, -0.05) is 0 Å². The molecule has 0 aromatic carbocycles. The van der Waals surface area contributed by atoms with E-state index in [0.29, 0.717) is 30.0 Å². The van der Waals surface area contributed by atoms with E-state index in [1.54, 1.807) is 41.2 Å². The fraction of sp³-hybridized carbons (Fsp3) is 0.389. The first-order chi connectivity index (χ1) is 12.5. The average molecular weight is 350 g/mol. The van der Waals surface area contributed by atoms with E-state index >= 15 is 0 Å². The lowest BCUT2D eigenvalue weighted by Gasteiger charge is -2.21. The lowest BCUT2D eigenvalue weighted by atomic mass is 9.83. The third kappa shape index (κ3) is 2.62. The lowest BCUT2D eigenvalue weighted by Crippen LogP contribution is -2.35. The highest BCUT2D eigenvalue weighted by atomic mass is 16.2. The summed E-state index contributed by atoms with van der Waals surface area (Å²) in [5, 5.41) is 16.3. The average Bonchev–Trinajstić information content (AvgIpc) is 3.31. The smallest absolute Gasteiger partial charge is 0.260 e. The Balaban J connectivity index is 1.54. The molecule has 1 saturated heterocycles. The van der Waals surface area contributed by atoms with Crippen LogP contribution in [0.5, 0.6) is 0 Å². The fourth-order valence-electron chi connectivity index (χ4n) is 3.52. The van der Waals surface area contributed by atoms with Crippen molar-refractivity contribution in [2.45, 2.75) is 19.3 Å². The summed E-state index contributed by atoms with van der Waals surface area (Å²) in [7, 11) is 1.73. The Morgan fingerprint density at radius 1 is 1.46 bits per heavy atom. The van der Waals surface area contributed by atoms with Crippen LogP contribution in [0.1, 0.15) is 29.6 Å². The van der Waals surface area contributed by atoms with Gasteiger partial charge in [0.05, 0.1) is 17.8 Å². The van der Waals surface area contributed by atoms with Gasteiger partial charge in [0.1, 0.15) is 11.2 Å². The number of anilines is 2. The molecule has 3 heterocycles. The molecular formula is C18H18N6O2. The van der Waals surface area contributed by atoms with Gasteiger partial charge in [-0.3, -0.25) is 14.3 Å². The van der Waals surface area contributed by atoms with Crippen molar-refractivity contribution in [1.29, 1.82) is 5.26 Å². The topological polar surface area (TPSA) is 104 Å². The standard InChI is InChI=1S/C18H18N6O2/c1-23-10-12(9-21-23)16(25)22-15-8-14(4-6-20-15)24-7-5-18(11-19,17(24)26)13-2-3-13/h4,6,8-10,13H,2-3,5,7H2,1H3,(H,20,22,25)/t18-/m1/s1. The van der Waals surface area contributed by atoms with Gasteiger partial charge in [-0.05, 0) is 31.2 Å². The van der Waals surface area contributed by atoms with Crippen molar-refractivity contribution in [2.75, 3.05) is 16.8 Å². The summed E-state index contributed by atoms with van der Waals surface area (Å²) in [6.45, 7) is 0.503. The maximum absolute atomic E-state index is 12.9. The normalized spacial score (nSPS) is 22.3. The van der Waals surface area contributed by atoms with Gasteiger partial charge in [-0.2, -0.15) is 10.4 Å². The van der Waals surface area contributed by atoms with E-state index in [0.717, 1.165) is 12.8 Å². The molecule has 0 unspecified atom stereocenters. The van der Waals surface area contributed by atoms with Gasteiger partial charge in [0.2, 0.25) is 5.91 Å². The number of carbonyl (C=O) groups is 2. The minimum atomic E-state index is -0.887. The summed E-state index contributed by atoms with van der Waals surface area (Å²) in [4.78, 5) is 30.9. The SMILES string of the molecule is Cn1cc(C(=O)Nc2cc(N3CC[C@@](C#N)(C4CC4)C3=O)ccn2)cn1. The van der Waals surface area contributed by atoms with E-state index in [1.165, 1.54) is 6.20 Å². The molecule has 1 aliphatic carbocycles. The zero-order valence-corrected chi connectivity index (χ0v) is 14.3. The van der Waals surface area contributed by atoms with Gasteiger partial charge in [0.15, 0.2) is 0 Å². The number of pyridine rings is 1. The number of aryl methyl sites for hydroxylation is 1. The van der Waals surface area contributed by atoms with E-state index in [2.05, 4.69) is 21.5 Å². The molecule has 1 atom stereocenters. The van der Waals surface area contributed by atoms with E-state index in [1.807, 2.05) is 0 Å². The molecule has 2 amide bonds. The maximum Gasteiger partial charge on any atom is 0.260 e. The molecule has 1 saturated carbocycles. The zero-order valence-electron chi connectivity index (χ0n) is 14.3. The molecule has 1 aliphatic heterocycles. The molecule has 26 heavy (non-hydrogen) atoms. The Bertz CT molecular complexity index is 926. The molecule has 132 valence electrons. The maximum atomic E-state index is 12.9. The van der Waals surface area contributed by atoms with E-state index in [-0.39, 0.29) is 17.7 Å². The van der Waals surface area contributed by atoms with E-state index in [4.69, 9.17) is 0 Å². The predicted molar refractivity (Wildman–Crippen MR) is 93.1 cm³/mol. The van der Waals surface area contributed by atoms with Gasteiger partial charge >= 0.3 is 0 Å². The Morgan fingerprint density at radius 2 is 2.27 bits per heavy atom. The van der Waals surface area contributed by atoms with Crippen LogP contribution in [-0.4, -0.2) is 33.1 Å². The second kappa shape index (κ2) is 5.95. The first kappa shape index (κ1) is 16.3. The molecule has 2 fully saturated rings. The highest BCUT2D eigenvalue weighted by Crippen LogP contribution is 2.51. The summed E-state index contributed by atoms with van der Waals surface area (Å²) >= 11 is 0. The van der Waals surface area contributed by atoms with Crippen LogP contribution in [0.2, 0.25) is 0 Å². The monoisotopic (exact) mass is 350 g/mol. The molecule has 8 nitrogen and oxygen atoms in total. The molecule has 8 heteroatoms. The number of amides is 2. The van der Waals surface area contributed by atoms with E-state index in [9.17, 15) is 14.9 Å². The first-order valence-corrected chi connectivity index (χ1v) is 8.53. The van der Waals surface area contributed by atoms with Crippen LogP contribution in [0.3, 0.4) is 0 Å². The number of carbonyl (C=O) groups excluding carboxylic acids is 2.